The van der Waals surface area contributed by atoms with Crippen LogP contribution >= 0.6 is 15.9 Å². The molecular formula is C15H12BrF3N2O2. The molecule has 0 bridgehead atoms. The maximum atomic E-state index is 12.4. The molecule has 0 atom stereocenters. The van der Waals surface area contributed by atoms with Crippen LogP contribution in [0.4, 0.5) is 18.9 Å². The van der Waals surface area contributed by atoms with Crippen molar-refractivity contribution in [3.05, 3.63) is 52.0 Å². The number of hydrazone groups is 1. The van der Waals surface area contributed by atoms with Crippen molar-refractivity contribution in [3.8, 4) is 11.5 Å². The molecule has 4 nitrogen and oxygen atoms in total. The van der Waals surface area contributed by atoms with Gasteiger partial charge in [0.05, 0.1) is 29.0 Å². The first-order valence-corrected chi connectivity index (χ1v) is 7.14. The number of anilines is 1. The molecule has 0 radical (unpaired) electrons. The normalized spacial score (nSPS) is 11.7. The van der Waals surface area contributed by atoms with Gasteiger partial charge in [0.15, 0.2) is 11.5 Å². The van der Waals surface area contributed by atoms with Crippen LogP contribution in [-0.2, 0) is 6.18 Å². The highest BCUT2D eigenvalue weighted by Crippen LogP contribution is 2.35. The molecule has 0 aliphatic carbocycles. The molecule has 0 fully saturated rings. The van der Waals surface area contributed by atoms with E-state index in [0.717, 1.165) is 12.1 Å². The molecule has 122 valence electrons. The van der Waals surface area contributed by atoms with E-state index >= 15 is 0 Å². The van der Waals surface area contributed by atoms with Crippen LogP contribution in [0.25, 0.3) is 0 Å². The standard InChI is InChI=1S/C15H12BrF3N2O2/c1-23-12-7-2-9(13(16)14(12)22)8-20-21-11-5-3-10(4-6-11)15(17,18)19/h2-8,21-22H,1H3. The summed E-state index contributed by atoms with van der Waals surface area (Å²) in [5.41, 5.74) is 2.87. The third-order valence-electron chi connectivity index (χ3n) is 2.94. The maximum Gasteiger partial charge on any atom is 0.416 e. The van der Waals surface area contributed by atoms with Gasteiger partial charge in [-0.05, 0) is 52.3 Å². The summed E-state index contributed by atoms with van der Waals surface area (Å²) in [5.74, 6) is 0.246. The van der Waals surface area contributed by atoms with Crippen LogP contribution in [0.15, 0.2) is 46.0 Å². The summed E-state index contributed by atoms with van der Waals surface area (Å²) in [7, 11) is 1.43. The number of alkyl halides is 3. The van der Waals surface area contributed by atoms with Crippen LogP contribution in [0.2, 0.25) is 0 Å². The lowest BCUT2D eigenvalue weighted by Crippen LogP contribution is -2.04. The van der Waals surface area contributed by atoms with Crippen molar-refractivity contribution in [2.75, 3.05) is 12.5 Å². The van der Waals surface area contributed by atoms with Crippen molar-refractivity contribution in [3.63, 3.8) is 0 Å². The second-order valence-electron chi connectivity index (χ2n) is 4.46. The number of halogens is 4. The number of methoxy groups -OCH3 is 1. The van der Waals surface area contributed by atoms with E-state index in [1.807, 2.05) is 0 Å². The quantitative estimate of drug-likeness (QED) is 0.593. The van der Waals surface area contributed by atoms with Crippen molar-refractivity contribution in [2.45, 2.75) is 6.18 Å². The number of hydrogen-bond donors (Lipinski definition) is 2. The lowest BCUT2D eigenvalue weighted by molar-refractivity contribution is -0.137. The summed E-state index contributed by atoms with van der Waals surface area (Å²) in [6, 6.07) is 7.72. The van der Waals surface area contributed by atoms with Crippen LogP contribution in [0.3, 0.4) is 0 Å². The Morgan fingerprint density at radius 2 is 1.83 bits per heavy atom. The van der Waals surface area contributed by atoms with Crippen LogP contribution in [0, 0.1) is 0 Å². The predicted octanol–water partition coefficient (Wildman–Crippen LogP) is 4.63. The number of aromatic hydroxyl groups is 1. The fourth-order valence-electron chi connectivity index (χ4n) is 1.74. The number of hydrogen-bond acceptors (Lipinski definition) is 4. The summed E-state index contributed by atoms with van der Waals surface area (Å²) < 4.78 is 42.7. The Morgan fingerprint density at radius 1 is 1.17 bits per heavy atom. The van der Waals surface area contributed by atoms with Gasteiger partial charge in [-0.1, -0.05) is 0 Å². The zero-order valence-corrected chi connectivity index (χ0v) is 13.4. The predicted molar refractivity (Wildman–Crippen MR) is 85.0 cm³/mol. The van der Waals surface area contributed by atoms with E-state index in [0.29, 0.717) is 21.5 Å². The van der Waals surface area contributed by atoms with E-state index in [-0.39, 0.29) is 5.75 Å². The minimum Gasteiger partial charge on any atom is -0.503 e. The van der Waals surface area contributed by atoms with E-state index in [4.69, 9.17) is 4.74 Å². The van der Waals surface area contributed by atoms with Crippen LogP contribution in [-0.4, -0.2) is 18.4 Å². The fourth-order valence-corrected chi connectivity index (χ4v) is 2.17. The Hall–Kier alpha value is -2.22. The molecule has 8 heteroatoms. The summed E-state index contributed by atoms with van der Waals surface area (Å²) in [5, 5.41) is 13.8. The van der Waals surface area contributed by atoms with Crippen molar-refractivity contribution in [1.82, 2.24) is 0 Å². The number of phenolic OH excluding ortho intramolecular Hbond substituents is 1. The van der Waals surface area contributed by atoms with Crippen molar-refractivity contribution < 1.29 is 23.0 Å². The second-order valence-corrected chi connectivity index (χ2v) is 5.26. The van der Waals surface area contributed by atoms with Crippen molar-refractivity contribution in [1.29, 1.82) is 0 Å². The van der Waals surface area contributed by atoms with Gasteiger partial charge in [0.1, 0.15) is 0 Å². The van der Waals surface area contributed by atoms with Crippen LogP contribution in [0.1, 0.15) is 11.1 Å². The first-order valence-electron chi connectivity index (χ1n) is 6.34. The Labute approximate surface area is 138 Å². The summed E-state index contributed by atoms with van der Waals surface area (Å²) in [6.07, 6.45) is -2.95. The molecule has 2 N–H and O–H groups in total. The van der Waals surface area contributed by atoms with Gasteiger partial charge in [-0.25, -0.2) is 0 Å². The Bertz CT molecular complexity index is 716. The maximum absolute atomic E-state index is 12.4. The third kappa shape index (κ3) is 4.16. The molecule has 0 amide bonds. The summed E-state index contributed by atoms with van der Waals surface area (Å²) in [4.78, 5) is 0. The minimum absolute atomic E-state index is 0.0639. The zero-order chi connectivity index (χ0) is 17.0. The number of nitrogens with one attached hydrogen (secondary N) is 1. The first-order chi connectivity index (χ1) is 10.8. The lowest BCUT2D eigenvalue weighted by atomic mass is 10.2. The van der Waals surface area contributed by atoms with Gasteiger partial charge in [-0.3, -0.25) is 5.43 Å². The lowest BCUT2D eigenvalue weighted by Gasteiger charge is -2.08. The third-order valence-corrected chi connectivity index (χ3v) is 3.77. The number of ether oxygens (including phenoxy) is 1. The van der Waals surface area contributed by atoms with Crippen molar-refractivity contribution in [2.24, 2.45) is 5.10 Å². The molecule has 2 aromatic carbocycles. The molecule has 0 spiro atoms. The molecule has 0 aliphatic rings. The van der Waals surface area contributed by atoms with Gasteiger partial charge in [-0.15, -0.1) is 0 Å². The number of benzene rings is 2. The van der Waals surface area contributed by atoms with Gasteiger partial charge in [0.2, 0.25) is 0 Å². The van der Waals surface area contributed by atoms with E-state index in [9.17, 15) is 18.3 Å². The van der Waals surface area contributed by atoms with Crippen LogP contribution in [0.5, 0.6) is 11.5 Å². The second kappa shape index (κ2) is 6.91. The highest BCUT2D eigenvalue weighted by molar-refractivity contribution is 9.10. The van der Waals surface area contributed by atoms with E-state index in [2.05, 4.69) is 26.5 Å². The summed E-state index contributed by atoms with van der Waals surface area (Å²) in [6.45, 7) is 0. The van der Waals surface area contributed by atoms with Crippen molar-refractivity contribution >= 4 is 27.8 Å². The minimum atomic E-state index is -4.37. The number of phenols is 1. The molecule has 0 aromatic heterocycles. The molecule has 2 rings (SSSR count). The average molecular weight is 389 g/mol. The average Bonchev–Trinajstić information content (AvgIpc) is 2.51. The van der Waals surface area contributed by atoms with Gasteiger partial charge in [0, 0.05) is 5.56 Å². The number of nitrogens with zero attached hydrogens (tertiary/aromatic N) is 1. The van der Waals surface area contributed by atoms with Gasteiger partial charge in [-0.2, -0.15) is 18.3 Å². The van der Waals surface area contributed by atoms with Crippen LogP contribution < -0.4 is 10.2 Å². The highest BCUT2D eigenvalue weighted by Gasteiger charge is 2.29. The van der Waals surface area contributed by atoms with E-state index in [1.54, 1.807) is 12.1 Å². The highest BCUT2D eigenvalue weighted by atomic mass is 79.9. The largest absolute Gasteiger partial charge is 0.503 e. The SMILES string of the molecule is COc1ccc(C=NNc2ccc(C(F)(F)F)cc2)c(Br)c1O. The smallest absolute Gasteiger partial charge is 0.416 e. The fraction of sp³-hybridized carbons (Fsp3) is 0.133. The summed E-state index contributed by atoms with van der Waals surface area (Å²) >= 11 is 3.22. The Kier molecular flexibility index (Phi) is 5.15. The molecular weight excluding hydrogens is 377 g/mol. The molecule has 0 saturated heterocycles. The topological polar surface area (TPSA) is 53.8 Å². The zero-order valence-electron chi connectivity index (χ0n) is 11.9. The molecule has 0 aliphatic heterocycles. The molecule has 2 aromatic rings. The monoisotopic (exact) mass is 388 g/mol. The Morgan fingerprint density at radius 3 is 2.39 bits per heavy atom. The first kappa shape index (κ1) is 17.1. The van der Waals surface area contributed by atoms with E-state index < -0.39 is 11.7 Å². The van der Waals surface area contributed by atoms with Gasteiger partial charge >= 0.3 is 6.18 Å². The Balaban J connectivity index is 2.09. The van der Waals surface area contributed by atoms with Gasteiger partial charge in [0.25, 0.3) is 0 Å². The molecule has 0 unspecified atom stereocenters. The number of rotatable bonds is 4. The van der Waals surface area contributed by atoms with Gasteiger partial charge < -0.3 is 9.84 Å². The molecule has 23 heavy (non-hydrogen) atoms. The van der Waals surface area contributed by atoms with E-state index in [1.165, 1.54) is 25.5 Å². The molecule has 0 heterocycles. The molecule has 0 saturated carbocycles.